The molecule has 388 valence electrons. The van der Waals surface area contributed by atoms with Crippen LogP contribution in [0.25, 0.3) is 112 Å². The highest BCUT2D eigenvalue weighted by atomic mass is 14.9. The van der Waals surface area contributed by atoms with Crippen molar-refractivity contribution in [2.75, 3.05) is 0 Å². The summed E-state index contributed by atoms with van der Waals surface area (Å²) in [6.07, 6.45) is 0. The minimum Gasteiger partial charge on any atom is -0.244 e. The van der Waals surface area contributed by atoms with Gasteiger partial charge in [0.15, 0.2) is 5.82 Å². The first kappa shape index (κ1) is 50.4. The lowest BCUT2D eigenvalue weighted by molar-refractivity contribution is 0.300. The normalized spacial score (nSPS) is 14.9. The lowest BCUT2D eigenvalue weighted by Crippen LogP contribution is -2.43. The molecule has 0 atom stereocenters. The molecule has 14 rings (SSSR count). The quantitative estimate of drug-likeness (QED) is 0.167. The summed E-state index contributed by atoms with van der Waals surface area (Å²) in [5, 5.41) is 1.06. The zero-order valence-electron chi connectivity index (χ0n) is 46.9. The summed E-state index contributed by atoms with van der Waals surface area (Å²) in [7, 11) is 0. The molecule has 0 amide bonds. The summed E-state index contributed by atoms with van der Waals surface area (Å²) in [6.45, 7) is 19.1. The van der Waals surface area contributed by atoms with Crippen LogP contribution in [-0.4, -0.2) is 19.9 Å². The van der Waals surface area contributed by atoms with E-state index in [1.54, 1.807) is 0 Å². The van der Waals surface area contributed by atoms with Crippen molar-refractivity contribution >= 4 is 21.9 Å². The van der Waals surface area contributed by atoms with Crippen LogP contribution in [0.3, 0.4) is 0 Å². The number of rotatable bonds is 6. The molecule has 0 bridgehead atoms. The van der Waals surface area contributed by atoms with Gasteiger partial charge in [0.05, 0.1) is 33.6 Å². The van der Waals surface area contributed by atoms with Crippen LogP contribution >= 0.6 is 0 Å². The zero-order chi connectivity index (χ0) is 55.0. The predicted molar refractivity (Wildman–Crippen MR) is 335 cm³/mol. The first-order valence-corrected chi connectivity index (χ1v) is 28.1. The van der Waals surface area contributed by atoms with Crippen molar-refractivity contribution in [1.82, 2.24) is 19.9 Å². The molecular formula is C76H64N4. The molecule has 12 aromatic rings. The molecule has 0 saturated heterocycles. The van der Waals surface area contributed by atoms with Crippen molar-refractivity contribution in [3.05, 3.63) is 265 Å². The van der Waals surface area contributed by atoms with Gasteiger partial charge in [0, 0.05) is 38.5 Å². The number of benzene rings is 10. The third-order valence-electron chi connectivity index (χ3n) is 18.4. The maximum absolute atomic E-state index is 5.26. The van der Waals surface area contributed by atoms with Gasteiger partial charge in [0.25, 0.3) is 0 Å². The lowest BCUT2D eigenvalue weighted by atomic mass is 9.54. The summed E-state index contributed by atoms with van der Waals surface area (Å²) in [5.74, 6) is 0.747. The van der Waals surface area contributed by atoms with Crippen molar-refractivity contribution in [3.63, 3.8) is 0 Å². The second-order valence-corrected chi connectivity index (χ2v) is 23.8. The van der Waals surface area contributed by atoms with Crippen molar-refractivity contribution in [3.8, 4) is 89.7 Å². The van der Waals surface area contributed by atoms with Gasteiger partial charge in [-0.25, -0.2) is 19.9 Å². The summed E-state index contributed by atoms with van der Waals surface area (Å²) < 4.78 is 0. The Hall–Kier alpha value is -9.12. The average Bonchev–Trinajstić information content (AvgIpc) is 3.64. The SMILES string of the molecule is CC1(C)c2ccccc2-c2cccc(-c3ccc4nc(-c5ccccc5)c(-c5ccccc5)nc4c3)c2C1(C)C.CC1(C)c2ccccc2-c2cccc(-c3ccc4nc(-c5ccccc5)nc(-c5ccccc5)c4c3)c2C1(C)C. The smallest absolute Gasteiger partial charge is 0.160 e. The Morgan fingerprint density at radius 3 is 1.10 bits per heavy atom. The second kappa shape index (κ2) is 19.4. The lowest BCUT2D eigenvalue weighted by Gasteiger charge is -2.49. The molecule has 0 N–H and O–H groups in total. The highest BCUT2D eigenvalue weighted by molar-refractivity contribution is 5.98. The van der Waals surface area contributed by atoms with Crippen molar-refractivity contribution in [2.45, 2.75) is 77.0 Å². The Morgan fingerprint density at radius 1 is 0.237 bits per heavy atom. The predicted octanol–water partition coefficient (Wildman–Crippen LogP) is 19.7. The zero-order valence-corrected chi connectivity index (χ0v) is 46.9. The van der Waals surface area contributed by atoms with E-state index in [4.69, 9.17) is 19.9 Å². The summed E-state index contributed by atoms with van der Waals surface area (Å²) in [6, 6.07) is 86.1. The molecule has 2 heterocycles. The molecule has 0 fully saturated rings. The minimum absolute atomic E-state index is 0.0333. The fourth-order valence-electron chi connectivity index (χ4n) is 12.9. The number of hydrogen-bond acceptors (Lipinski definition) is 4. The average molecular weight is 1030 g/mol. The van der Waals surface area contributed by atoms with E-state index in [0.717, 1.165) is 67.1 Å². The number of aromatic nitrogens is 4. The Balaban J connectivity index is 0.000000151. The van der Waals surface area contributed by atoms with Gasteiger partial charge in [-0.1, -0.05) is 274 Å². The van der Waals surface area contributed by atoms with Crippen LogP contribution in [0.2, 0.25) is 0 Å². The van der Waals surface area contributed by atoms with Gasteiger partial charge in [0.2, 0.25) is 0 Å². The first-order valence-electron chi connectivity index (χ1n) is 28.1. The summed E-state index contributed by atoms with van der Waals surface area (Å²) in [4.78, 5) is 20.6. The van der Waals surface area contributed by atoms with Crippen molar-refractivity contribution in [2.24, 2.45) is 0 Å². The number of nitrogens with zero attached hydrogens (tertiary/aromatic N) is 4. The molecule has 0 aliphatic heterocycles. The molecule has 10 aromatic carbocycles. The molecule has 0 radical (unpaired) electrons. The van der Waals surface area contributed by atoms with E-state index in [1.807, 2.05) is 36.4 Å². The van der Waals surface area contributed by atoms with Crippen LogP contribution in [0.1, 0.15) is 77.6 Å². The molecular weight excluding hydrogens is 969 g/mol. The monoisotopic (exact) mass is 1030 g/mol. The molecule has 4 heteroatoms. The van der Waals surface area contributed by atoms with E-state index in [-0.39, 0.29) is 21.7 Å². The topological polar surface area (TPSA) is 51.6 Å². The van der Waals surface area contributed by atoms with Crippen LogP contribution in [0.4, 0.5) is 0 Å². The maximum Gasteiger partial charge on any atom is 0.160 e. The molecule has 0 unspecified atom stereocenters. The molecule has 0 saturated carbocycles. The van der Waals surface area contributed by atoms with Crippen LogP contribution in [0.15, 0.2) is 243 Å². The third kappa shape index (κ3) is 8.19. The van der Waals surface area contributed by atoms with Gasteiger partial charge in [-0.05, 0) is 102 Å². The van der Waals surface area contributed by atoms with Crippen LogP contribution in [0.5, 0.6) is 0 Å². The standard InChI is InChI=1S/2C38H32N2/c1-37(2)32-21-12-11-18-29(32)30-20-13-19-28(34(30)38(37,3)4)27-22-23-33-31(24-27)35(25-14-7-5-8-15-25)40-36(39-33)26-16-9-6-10-17-26;1-37(2)31-21-12-11-18-29(31)30-20-13-19-28(34(30)38(37,3)4)27-22-23-32-33(24-27)40-36(26-16-9-6-10-17-26)35(39-32)25-14-7-5-8-15-25/h2*5-24H,1-4H3. The van der Waals surface area contributed by atoms with Gasteiger partial charge >= 0.3 is 0 Å². The fourth-order valence-corrected chi connectivity index (χ4v) is 12.9. The van der Waals surface area contributed by atoms with E-state index in [0.29, 0.717) is 0 Å². The number of fused-ring (bicyclic) bond motifs is 8. The van der Waals surface area contributed by atoms with Crippen LogP contribution < -0.4 is 0 Å². The highest BCUT2D eigenvalue weighted by Crippen LogP contribution is 2.58. The fraction of sp³-hybridized carbons (Fsp3) is 0.158. The Labute approximate surface area is 471 Å². The Morgan fingerprint density at radius 2 is 0.613 bits per heavy atom. The molecule has 2 aliphatic carbocycles. The van der Waals surface area contributed by atoms with Crippen molar-refractivity contribution < 1.29 is 0 Å². The van der Waals surface area contributed by atoms with Gasteiger partial charge in [-0.2, -0.15) is 0 Å². The third-order valence-corrected chi connectivity index (χ3v) is 18.4. The van der Waals surface area contributed by atoms with Gasteiger partial charge in [-0.15, -0.1) is 0 Å². The molecule has 4 nitrogen and oxygen atoms in total. The summed E-state index contributed by atoms with van der Waals surface area (Å²) in [5.41, 5.74) is 25.4. The van der Waals surface area contributed by atoms with Crippen LogP contribution in [-0.2, 0) is 21.7 Å². The van der Waals surface area contributed by atoms with E-state index < -0.39 is 0 Å². The first-order chi connectivity index (χ1) is 38.7. The van der Waals surface area contributed by atoms with E-state index >= 15 is 0 Å². The van der Waals surface area contributed by atoms with Crippen LogP contribution in [0, 0.1) is 0 Å². The molecule has 0 spiro atoms. The van der Waals surface area contributed by atoms with Gasteiger partial charge in [-0.3, -0.25) is 0 Å². The maximum atomic E-state index is 5.26. The largest absolute Gasteiger partial charge is 0.244 e. The Bertz CT molecular complexity index is 4330. The highest BCUT2D eigenvalue weighted by Gasteiger charge is 2.48. The van der Waals surface area contributed by atoms with E-state index in [1.165, 1.54) is 66.8 Å². The summed E-state index contributed by atoms with van der Waals surface area (Å²) >= 11 is 0. The Kier molecular flexibility index (Phi) is 12.2. The molecule has 2 aromatic heterocycles. The van der Waals surface area contributed by atoms with Crippen molar-refractivity contribution in [1.29, 1.82) is 0 Å². The van der Waals surface area contributed by atoms with Gasteiger partial charge < -0.3 is 0 Å². The van der Waals surface area contributed by atoms with E-state index in [9.17, 15) is 0 Å². The van der Waals surface area contributed by atoms with Gasteiger partial charge in [0.1, 0.15) is 0 Å². The molecule has 80 heavy (non-hydrogen) atoms. The number of hydrogen-bond donors (Lipinski definition) is 0. The molecule has 2 aliphatic rings. The minimum atomic E-state index is -0.0852. The second-order valence-electron chi connectivity index (χ2n) is 23.8. The van der Waals surface area contributed by atoms with E-state index in [2.05, 4.69) is 262 Å².